The van der Waals surface area contributed by atoms with Gasteiger partial charge in [0.15, 0.2) is 0 Å². The Morgan fingerprint density at radius 1 is 1.23 bits per heavy atom. The lowest BCUT2D eigenvalue weighted by molar-refractivity contribution is -0.137. The van der Waals surface area contributed by atoms with Crippen molar-refractivity contribution in [2.75, 3.05) is 0 Å². The van der Waals surface area contributed by atoms with Gasteiger partial charge < -0.3 is 0 Å². The average Bonchev–Trinajstić information content (AvgIpc) is 2.47. The number of rotatable bonds is 0. The second kappa shape index (κ2) is 2.70. The molecule has 0 aliphatic rings. The minimum Gasteiger partial charge on any atom is -0.200 e. The summed E-state index contributed by atoms with van der Waals surface area (Å²) in [4.78, 5) is 0. The van der Waals surface area contributed by atoms with E-state index >= 15 is 0 Å². The highest BCUT2D eigenvalue weighted by atomic mass is 32.1. The normalized spacial score (nSPS) is 12.2. The number of hydrogen-bond donors (Lipinski definition) is 0. The highest BCUT2D eigenvalue weighted by Gasteiger charge is 2.30. The van der Waals surface area contributed by atoms with Gasteiger partial charge in [-0.15, -0.1) is 0 Å². The summed E-state index contributed by atoms with van der Waals surface area (Å²) in [7, 11) is 0. The van der Waals surface area contributed by atoms with Gasteiger partial charge >= 0.3 is 6.18 Å². The smallest absolute Gasteiger partial charge is 0.200 e. The Labute approximate surface area is 76.0 Å². The number of fused-ring (bicyclic) bond motifs is 1. The number of halogens is 3. The van der Waals surface area contributed by atoms with Crippen molar-refractivity contribution in [3.8, 4) is 0 Å². The minimum absolute atomic E-state index is 0.565. The maximum Gasteiger partial charge on any atom is 0.416 e. The molecule has 68 valence electrons. The van der Waals surface area contributed by atoms with Crippen molar-refractivity contribution >= 4 is 21.6 Å². The predicted molar refractivity (Wildman–Crippen MR) is 44.6 cm³/mol. The molecule has 0 aliphatic heterocycles. The van der Waals surface area contributed by atoms with Crippen LogP contribution in [0.1, 0.15) is 5.56 Å². The standard InChI is InChI=1S/C8H4F3NS/c9-8(10,11)6-2-1-5-4-12-13-7(5)3-6/h1-4H. The van der Waals surface area contributed by atoms with E-state index in [0.29, 0.717) is 4.70 Å². The van der Waals surface area contributed by atoms with Gasteiger partial charge in [0.05, 0.1) is 10.3 Å². The quantitative estimate of drug-likeness (QED) is 0.640. The van der Waals surface area contributed by atoms with Crippen LogP contribution >= 0.6 is 11.5 Å². The van der Waals surface area contributed by atoms with Crippen molar-refractivity contribution in [1.82, 2.24) is 4.37 Å². The first-order chi connectivity index (χ1) is 6.07. The maximum absolute atomic E-state index is 12.2. The molecule has 0 spiro atoms. The van der Waals surface area contributed by atoms with Crippen molar-refractivity contribution in [3.05, 3.63) is 30.0 Å². The highest BCUT2D eigenvalue weighted by molar-refractivity contribution is 7.13. The van der Waals surface area contributed by atoms with Gasteiger partial charge in [0, 0.05) is 11.6 Å². The summed E-state index contributed by atoms with van der Waals surface area (Å²) in [5, 5.41) is 0.748. The van der Waals surface area contributed by atoms with E-state index in [2.05, 4.69) is 4.37 Å². The average molecular weight is 203 g/mol. The van der Waals surface area contributed by atoms with Gasteiger partial charge in [-0.05, 0) is 23.7 Å². The van der Waals surface area contributed by atoms with E-state index in [-0.39, 0.29) is 0 Å². The van der Waals surface area contributed by atoms with E-state index < -0.39 is 11.7 Å². The summed E-state index contributed by atoms with van der Waals surface area (Å²) in [6.07, 6.45) is -2.71. The molecule has 13 heavy (non-hydrogen) atoms. The van der Waals surface area contributed by atoms with Crippen LogP contribution in [-0.2, 0) is 6.18 Å². The zero-order chi connectivity index (χ0) is 9.47. The highest BCUT2D eigenvalue weighted by Crippen LogP contribution is 2.32. The summed E-state index contributed by atoms with van der Waals surface area (Å²) in [6, 6.07) is 3.62. The Morgan fingerprint density at radius 2 is 2.00 bits per heavy atom. The van der Waals surface area contributed by atoms with E-state index in [1.807, 2.05) is 0 Å². The van der Waals surface area contributed by atoms with Crippen molar-refractivity contribution in [2.24, 2.45) is 0 Å². The van der Waals surface area contributed by atoms with Crippen LogP contribution in [0.15, 0.2) is 24.4 Å². The molecular formula is C8H4F3NS. The van der Waals surface area contributed by atoms with Crippen LogP contribution in [0.2, 0.25) is 0 Å². The van der Waals surface area contributed by atoms with Crippen LogP contribution in [0.4, 0.5) is 13.2 Å². The van der Waals surface area contributed by atoms with E-state index in [0.717, 1.165) is 29.1 Å². The largest absolute Gasteiger partial charge is 0.416 e. The van der Waals surface area contributed by atoms with Gasteiger partial charge in [0.2, 0.25) is 0 Å². The van der Waals surface area contributed by atoms with Gasteiger partial charge in [-0.3, -0.25) is 0 Å². The molecule has 1 aromatic heterocycles. The van der Waals surface area contributed by atoms with Crippen LogP contribution in [0.5, 0.6) is 0 Å². The third-order valence-corrected chi connectivity index (χ3v) is 2.44. The van der Waals surface area contributed by atoms with E-state index in [9.17, 15) is 13.2 Å². The maximum atomic E-state index is 12.2. The zero-order valence-electron chi connectivity index (χ0n) is 6.30. The van der Waals surface area contributed by atoms with Crippen molar-refractivity contribution in [2.45, 2.75) is 6.18 Å². The van der Waals surface area contributed by atoms with Crippen LogP contribution < -0.4 is 0 Å². The van der Waals surface area contributed by atoms with Crippen molar-refractivity contribution in [1.29, 1.82) is 0 Å². The topological polar surface area (TPSA) is 12.9 Å². The molecule has 1 nitrogen and oxygen atoms in total. The van der Waals surface area contributed by atoms with E-state index in [1.54, 1.807) is 6.20 Å². The molecule has 0 fully saturated rings. The molecule has 2 rings (SSSR count). The molecule has 0 radical (unpaired) electrons. The number of alkyl halides is 3. The molecule has 1 heterocycles. The fourth-order valence-electron chi connectivity index (χ4n) is 1.04. The predicted octanol–water partition coefficient (Wildman–Crippen LogP) is 3.32. The Morgan fingerprint density at radius 3 is 2.69 bits per heavy atom. The van der Waals surface area contributed by atoms with Crippen LogP contribution in [0.3, 0.4) is 0 Å². The Balaban J connectivity index is 2.61. The summed E-state index contributed by atoms with van der Waals surface area (Å²) in [5.41, 5.74) is -0.621. The molecule has 0 saturated carbocycles. The third kappa shape index (κ3) is 1.51. The molecule has 0 atom stereocenters. The summed E-state index contributed by atoms with van der Waals surface area (Å²) in [5.74, 6) is 0. The number of hydrogen-bond acceptors (Lipinski definition) is 2. The fourth-order valence-corrected chi connectivity index (χ4v) is 1.72. The summed E-state index contributed by atoms with van der Waals surface area (Å²) >= 11 is 1.07. The van der Waals surface area contributed by atoms with Gasteiger partial charge in [-0.2, -0.15) is 17.5 Å². The van der Waals surface area contributed by atoms with Crippen molar-refractivity contribution in [3.63, 3.8) is 0 Å². The third-order valence-electron chi connectivity index (χ3n) is 1.68. The molecule has 0 bridgehead atoms. The first kappa shape index (κ1) is 8.50. The Hall–Kier alpha value is -1.10. The first-order valence-corrected chi connectivity index (χ1v) is 4.26. The molecule has 2 aromatic rings. The molecule has 0 N–H and O–H groups in total. The first-order valence-electron chi connectivity index (χ1n) is 3.49. The number of aromatic nitrogens is 1. The SMILES string of the molecule is FC(F)(F)c1ccc2cnsc2c1. The number of nitrogens with zero attached hydrogens (tertiary/aromatic N) is 1. The fraction of sp³-hybridized carbons (Fsp3) is 0.125. The monoisotopic (exact) mass is 203 g/mol. The summed E-state index contributed by atoms with van der Waals surface area (Å²) < 4.78 is 41.0. The second-order valence-electron chi connectivity index (χ2n) is 2.58. The molecular weight excluding hydrogens is 199 g/mol. The minimum atomic E-state index is -4.27. The van der Waals surface area contributed by atoms with Gasteiger partial charge in [-0.25, -0.2) is 0 Å². The van der Waals surface area contributed by atoms with Crippen molar-refractivity contribution < 1.29 is 13.2 Å². The lowest BCUT2D eigenvalue weighted by Gasteiger charge is -2.04. The molecule has 0 saturated heterocycles. The lowest BCUT2D eigenvalue weighted by Crippen LogP contribution is -2.03. The van der Waals surface area contributed by atoms with Crippen LogP contribution in [0, 0.1) is 0 Å². The zero-order valence-corrected chi connectivity index (χ0v) is 7.12. The molecule has 0 unspecified atom stereocenters. The molecule has 0 aliphatic carbocycles. The number of benzene rings is 1. The van der Waals surface area contributed by atoms with Gasteiger partial charge in [0.25, 0.3) is 0 Å². The molecule has 0 amide bonds. The summed E-state index contributed by atoms with van der Waals surface area (Å²) in [6.45, 7) is 0. The Kier molecular flexibility index (Phi) is 1.76. The van der Waals surface area contributed by atoms with E-state index in [4.69, 9.17) is 0 Å². The Bertz CT molecular complexity index is 432. The van der Waals surface area contributed by atoms with E-state index in [1.165, 1.54) is 6.07 Å². The molecule has 5 heteroatoms. The molecule has 1 aromatic carbocycles. The van der Waals surface area contributed by atoms with Gasteiger partial charge in [-0.1, -0.05) is 6.07 Å². The lowest BCUT2D eigenvalue weighted by atomic mass is 10.2. The van der Waals surface area contributed by atoms with Gasteiger partial charge in [0.1, 0.15) is 0 Å². The van der Waals surface area contributed by atoms with Crippen LogP contribution in [0.25, 0.3) is 10.1 Å². The van der Waals surface area contributed by atoms with Crippen LogP contribution in [-0.4, -0.2) is 4.37 Å². The second-order valence-corrected chi connectivity index (χ2v) is 3.41.